The van der Waals surface area contributed by atoms with Crippen molar-refractivity contribution in [2.24, 2.45) is 0 Å². The monoisotopic (exact) mass is 255 g/mol. The zero-order chi connectivity index (χ0) is 13.2. The van der Waals surface area contributed by atoms with Crippen LogP contribution in [-0.2, 0) is 0 Å². The molecule has 2 heterocycles. The normalized spacial score (nSPS) is 10.5. The molecule has 94 valence electrons. The van der Waals surface area contributed by atoms with E-state index in [0.29, 0.717) is 5.69 Å². The molecule has 0 aliphatic carbocycles. The minimum Gasteiger partial charge on any atom is -0.321 e. The predicted molar refractivity (Wildman–Crippen MR) is 68.9 cm³/mol. The third kappa shape index (κ3) is 2.21. The van der Waals surface area contributed by atoms with Crippen LogP contribution in [0.1, 0.15) is 10.5 Å². The Morgan fingerprint density at radius 2 is 2.16 bits per heavy atom. The van der Waals surface area contributed by atoms with E-state index in [1.807, 2.05) is 6.07 Å². The summed E-state index contributed by atoms with van der Waals surface area (Å²) >= 11 is 0. The van der Waals surface area contributed by atoms with Gasteiger partial charge < -0.3 is 10.3 Å². The number of nitrogens with zero attached hydrogens (tertiary/aromatic N) is 2. The number of hydrogen-bond donors (Lipinski definition) is 3. The van der Waals surface area contributed by atoms with Gasteiger partial charge in [0, 0.05) is 17.1 Å². The van der Waals surface area contributed by atoms with Crippen molar-refractivity contribution in [3.05, 3.63) is 52.8 Å². The van der Waals surface area contributed by atoms with Gasteiger partial charge in [-0.3, -0.25) is 14.7 Å². The number of carbonyl (C=O) groups excluding carboxylic acids is 1. The van der Waals surface area contributed by atoms with Crippen molar-refractivity contribution in [3.8, 4) is 0 Å². The van der Waals surface area contributed by atoms with Crippen LogP contribution in [0.15, 0.2) is 41.6 Å². The number of H-pyrrole nitrogens is 2. The second-order valence-electron chi connectivity index (χ2n) is 3.92. The van der Waals surface area contributed by atoms with Crippen molar-refractivity contribution >= 4 is 22.5 Å². The van der Waals surface area contributed by atoms with Crippen molar-refractivity contribution < 1.29 is 4.79 Å². The van der Waals surface area contributed by atoms with Crippen molar-refractivity contribution in [2.75, 3.05) is 5.32 Å². The van der Waals surface area contributed by atoms with E-state index in [4.69, 9.17) is 0 Å². The Labute approximate surface area is 106 Å². The van der Waals surface area contributed by atoms with E-state index >= 15 is 0 Å². The average Bonchev–Trinajstić information content (AvgIpc) is 2.86. The first-order valence-electron chi connectivity index (χ1n) is 5.51. The van der Waals surface area contributed by atoms with Crippen LogP contribution in [-0.4, -0.2) is 26.1 Å². The summed E-state index contributed by atoms with van der Waals surface area (Å²) in [6.45, 7) is 0. The number of hydrogen-bond acceptors (Lipinski definition) is 4. The SMILES string of the molecule is O=C(Nc1ccc2cn[nH]c2c1)c1cc(=O)[nH]cn1. The third-order valence-corrected chi connectivity index (χ3v) is 2.61. The largest absolute Gasteiger partial charge is 0.321 e. The number of aromatic amines is 2. The summed E-state index contributed by atoms with van der Waals surface area (Å²) < 4.78 is 0. The Kier molecular flexibility index (Phi) is 2.57. The fraction of sp³-hybridized carbons (Fsp3) is 0. The molecule has 3 N–H and O–H groups in total. The number of nitrogens with one attached hydrogen (secondary N) is 3. The summed E-state index contributed by atoms with van der Waals surface area (Å²) in [6, 6.07) is 6.49. The number of rotatable bonds is 2. The Balaban J connectivity index is 1.88. The van der Waals surface area contributed by atoms with Gasteiger partial charge in [-0.2, -0.15) is 5.10 Å². The van der Waals surface area contributed by atoms with Crippen LogP contribution < -0.4 is 10.9 Å². The molecule has 0 unspecified atom stereocenters. The van der Waals surface area contributed by atoms with Crippen molar-refractivity contribution in [2.45, 2.75) is 0 Å². The van der Waals surface area contributed by atoms with Gasteiger partial charge in [0.25, 0.3) is 11.5 Å². The molecular weight excluding hydrogens is 246 g/mol. The molecule has 0 radical (unpaired) electrons. The topological polar surface area (TPSA) is 104 Å². The molecule has 3 rings (SSSR count). The van der Waals surface area contributed by atoms with Crippen LogP contribution in [0.2, 0.25) is 0 Å². The zero-order valence-electron chi connectivity index (χ0n) is 9.68. The highest BCUT2D eigenvalue weighted by atomic mass is 16.2. The molecule has 3 aromatic rings. The number of carbonyl (C=O) groups is 1. The summed E-state index contributed by atoms with van der Waals surface area (Å²) in [4.78, 5) is 29.1. The Morgan fingerprint density at radius 1 is 1.26 bits per heavy atom. The number of anilines is 1. The molecule has 0 saturated carbocycles. The fourth-order valence-corrected chi connectivity index (χ4v) is 1.70. The second kappa shape index (κ2) is 4.37. The summed E-state index contributed by atoms with van der Waals surface area (Å²) in [5, 5.41) is 10.3. The van der Waals surface area contributed by atoms with E-state index in [0.717, 1.165) is 17.0 Å². The third-order valence-electron chi connectivity index (χ3n) is 2.61. The Bertz CT molecular complexity index is 805. The first-order valence-corrected chi connectivity index (χ1v) is 5.51. The van der Waals surface area contributed by atoms with Crippen LogP contribution in [0.25, 0.3) is 10.9 Å². The maximum Gasteiger partial charge on any atom is 0.274 e. The van der Waals surface area contributed by atoms with E-state index in [1.54, 1.807) is 18.3 Å². The highest BCUT2D eigenvalue weighted by Crippen LogP contribution is 2.16. The van der Waals surface area contributed by atoms with Gasteiger partial charge in [0.1, 0.15) is 5.69 Å². The lowest BCUT2D eigenvalue weighted by molar-refractivity contribution is 0.102. The van der Waals surface area contributed by atoms with Crippen LogP contribution in [0.4, 0.5) is 5.69 Å². The van der Waals surface area contributed by atoms with E-state index < -0.39 is 5.91 Å². The van der Waals surface area contributed by atoms with Crippen molar-refractivity contribution in [1.29, 1.82) is 0 Å². The highest BCUT2D eigenvalue weighted by Gasteiger charge is 2.08. The fourth-order valence-electron chi connectivity index (χ4n) is 1.70. The standard InChI is InChI=1S/C12H9N5O2/c18-11-4-10(13-6-14-11)12(19)16-8-2-1-7-5-15-17-9(7)3-8/h1-6H,(H,15,17)(H,16,19)(H,13,14,18). The molecule has 0 atom stereocenters. The Hall–Kier alpha value is -2.96. The summed E-state index contributed by atoms with van der Waals surface area (Å²) in [5.74, 6) is -0.440. The quantitative estimate of drug-likeness (QED) is 0.632. The molecule has 0 spiro atoms. The highest BCUT2D eigenvalue weighted by molar-refractivity contribution is 6.03. The molecule has 7 heteroatoms. The first-order chi connectivity index (χ1) is 9.22. The molecule has 0 aliphatic heterocycles. The van der Waals surface area contributed by atoms with Gasteiger partial charge in [0.2, 0.25) is 0 Å². The smallest absolute Gasteiger partial charge is 0.274 e. The van der Waals surface area contributed by atoms with E-state index in [-0.39, 0.29) is 11.3 Å². The Morgan fingerprint density at radius 3 is 3.00 bits per heavy atom. The molecule has 1 aromatic carbocycles. The van der Waals surface area contributed by atoms with Gasteiger partial charge in [0.15, 0.2) is 0 Å². The van der Waals surface area contributed by atoms with Gasteiger partial charge in [-0.15, -0.1) is 0 Å². The lowest BCUT2D eigenvalue weighted by Gasteiger charge is -2.04. The molecule has 0 saturated heterocycles. The van der Waals surface area contributed by atoms with Gasteiger partial charge >= 0.3 is 0 Å². The van der Waals surface area contributed by atoms with E-state index in [1.165, 1.54) is 6.33 Å². The number of fused-ring (bicyclic) bond motifs is 1. The van der Waals surface area contributed by atoms with Crippen LogP contribution in [0.5, 0.6) is 0 Å². The maximum atomic E-state index is 11.9. The van der Waals surface area contributed by atoms with Gasteiger partial charge in [-0.05, 0) is 18.2 Å². The minimum absolute atomic E-state index is 0.0634. The molecular formula is C12H9N5O2. The summed E-state index contributed by atoms with van der Waals surface area (Å²) in [6.07, 6.45) is 2.88. The molecule has 19 heavy (non-hydrogen) atoms. The van der Waals surface area contributed by atoms with Crippen molar-refractivity contribution in [1.82, 2.24) is 20.2 Å². The average molecular weight is 255 g/mol. The van der Waals surface area contributed by atoms with Crippen LogP contribution in [0, 0.1) is 0 Å². The molecule has 1 amide bonds. The molecule has 0 aliphatic rings. The lowest BCUT2D eigenvalue weighted by Crippen LogP contribution is -2.17. The van der Waals surface area contributed by atoms with Gasteiger partial charge in [0.05, 0.1) is 18.0 Å². The molecule has 2 aromatic heterocycles. The van der Waals surface area contributed by atoms with E-state index in [2.05, 4.69) is 25.5 Å². The molecule has 7 nitrogen and oxygen atoms in total. The van der Waals surface area contributed by atoms with Crippen LogP contribution >= 0.6 is 0 Å². The number of amides is 1. The van der Waals surface area contributed by atoms with E-state index in [9.17, 15) is 9.59 Å². The van der Waals surface area contributed by atoms with Crippen LogP contribution in [0.3, 0.4) is 0 Å². The predicted octanol–water partition coefficient (Wildman–Crippen LogP) is 0.898. The molecule has 0 fully saturated rings. The first kappa shape index (κ1) is 11.1. The lowest BCUT2D eigenvalue weighted by atomic mass is 10.2. The zero-order valence-corrected chi connectivity index (χ0v) is 9.68. The maximum absolute atomic E-state index is 11.9. The number of benzene rings is 1. The number of aromatic nitrogens is 4. The summed E-state index contributed by atoms with van der Waals surface area (Å²) in [5.41, 5.74) is 1.11. The molecule has 0 bridgehead atoms. The summed E-state index contributed by atoms with van der Waals surface area (Å²) in [7, 11) is 0. The van der Waals surface area contributed by atoms with Gasteiger partial charge in [-0.25, -0.2) is 4.98 Å². The second-order valence-corrected chi connectivity index (χ2v) is 3.92. The minimum atomic E-state index is -0.440. The van der Waals surface area contributed by atoms with Gasteiger partial charge in [-0.1, -0.05) is 0 Å². The van der Waals surface area contributed by atoms with Crippen molar-refractivity contribution in [3.63, 3.8) is 0 Å².